The van der Waals surface area contributed by atoms with Gasteiger partial charge >= 0.3 is 0 Å². The first-order valence-corrected chi connectivity index (χ1v) is 7.35. The van der Waals surface area contributed by atoms with Crippen LogP contribution in [0.4, 0.5) is 0 Å². The maximum atomic E-state index is 8.70. The number of aliphatic hydroxyl groups is 1. The fourth-order valence-corrected chi connectivity index (χ4v) is 2.75. The summed E-state index contributed by atoms with van der Waals surface area (Å²) in [7, 11) is 0. The second-order valence-electron chi connectivity index (χ2n) is 4.19. The molecule has 0 aliphatic rings. The molecule has 1 rings (SSSR count). The Morgan fingerprint density at radius 3 is 2.72 bits per heavy atom. The monoisotopic (exact) mass is 334 g/mol. The smallest absolute Gasteiger partial charge is 0.0455 e. The van der Waals surface area contributed by atoms with E-state index >= 15 is 0 Å². The van der Waals surface area contributed by atoms with Crippen molar-refractivity contribution >= 4 is 27.5 Å². The summed E-state index contributed by atoms with van der Waals surface area (Å²) in [5.41, 5.74) is 6.93. The molecular weight excluding hydrogens is 316 g/mol. The van der Waals surface area contributed by atoms with Gasteiger partial charge < -0.3 is 16.2 Å². The lowest BCUT2D eigenvalue weighted by Gasteiger charge is -2.19. The molecule has 3 nitrogen and oxygen atoms in total. The topological polar surface area (TPSA) is 58.3 Å². The Kier molecular flexibility index (Phi) is 7.86. The van der Waals surface area contributed by atoms with E-state index in [9.17, 15) is 0 Å². The molecule has 0 saturated carbocycles. The van der Waals surface area contributed by atoms with Crippen LogP contribution in [0.15, 0.2) is 22.7 Å². The lowest BCUT2D eigenvalue weighted by molar-refractivity contribution is 0.282. The molecule has 0 saturated heterocycles. The van der Waals surface area contributed by atoms with Gasteiger partial charge in [0.05, 0.1) is 0 Å². The molecular formula is C13H20BrClN2O. The Bertz CT molecular complexity index is 363. The molecule has 18 heavy (non-hydrogen) atoms. The highest BCUT2D eigenvalue weighted by Crippen LogP contribution is 2.26. The van der Waals surface area contributed by atoms with E-state index in [1.165, 1.54) is 0 Å². The summed E-state index contributed by atoms with van der Waals surface area (Å²) < 4.78 is 0.980. The summed E-state index contributed by atoms with van der Waals surface area (Å²) in [5, 5.41) is 12.8. The highest BCUT2D eigenvalue weighted by molar-refractivity contribution is 9.10. The van der Waals surface area contributed by atoms with Crippen LogP contribution in [-0.4, -0.2) is 24.8 Å². The number of aliphatic hydroxyl groups excluding tert-OH is 1. The minimum atomic E-state index is 0.130. The molecule has 1 aromatic carbocycles. The Hall–Kier alpha value is -0.130. The molecule has 0 spiro atoms. The van der Waals surface area contributed by atoms with E-state index in [1.807, 2.05) is 18.2 Å². The SMILES string of the molecule is NCC(NCCCCCO)c1ccc(Cl)cc1Br. The molecule has 0 bridgehead atoms. The van der Waals surface area contributed by atoms with Gasteiger partial charge in [0.25, 0.3) is 0 Å². The van der Waals surface area contributed by atoms with Gasteiger partial charge in [-0.3, -0.25) is 0 Å². The molecule has 1 aromatic rings. The van der Waals surface area contributed by atoms with Crippen LogP contribution in [0.1, 0.15) is 30.9 Å². The van der Waals surface area contributed by atoms with Crippen LogP contribution < -0.4 is 11.1 Å². The molecule has 5 heteroatoms. The average Bonchev–Trinajstić information content (AvgIpc) is 2.35. The molecule has 0 aromatic heterocycles. The zero-order valence-corrected chi connectivity index (χ0v) is 12.7. The number of benzene rings is 1. The van der Waals surface area contributed by atoms with Gasteiger partial charge in [-0.15, -0.1) is 0 Å². The van der Waals surface area contributed by atoms with Gasteiger partial charge in [0.1, 0.15) is 0 Å². The van der Waals surface area contributed by atoms with Crippen LogP contribution >= 0.6 is 27.5 Å². The molecule has 0 amide bonds. The predicted octanol–water partition coefficient (Wildman–Crippen LogP) is 2.85. The van der Waals surface area contributed by atoms with E-state index in [4.69, 9.17) is 22.4 Å². The number of hydrogen-bond donors (Lipinski definition) is 3. The van der Waals surface area contributed by atoms with Gasteiger partial charge in [0.2, 0.25) is 0 Å². The normalized spacial score (nSPS) is 12.7. The van der Waals surface area contributed by atoms with Gasteiger partial charge in [-0.05, 0) is 43.5 Å². The Morgan fingerprint density at radius 2 is 2.11 bits per heavy atom. The Labute approximate surface area is 122 Å². The summed E-state index contributed by atoms with van der Waals surface area (Å²) >= 11 is 9.43. The summed E-state index contributed by atoms with van der Waals surface area (Å²) in [6.07, 6.45) is 2.93. The number of halogens is 2. The maximum Gasteiger partial charge on any atom is 0.0455 e. The summed E-state index contributed by atoms with van der Waals surface area (Å²) in [5.74, 6) is 0. The number of unbranched alkanes of at least 4 members (excludes halogenated alkanes) is 2. The van der Waals surface area contributed by atoms with E-state index in [2.05, 4.69) is 21.2 Å². The van der Waals surface area contributed by atoms with Crippen LogP contribution in [0.3, 0.4) is 0 Å². The van der Waals surface area contributed by atoms with Crippen molar-refractivity contribution in [3.05, 3.63) is 33.3 Å². The Morgan fingerprint density at radius 1 is 1.33 bits per heavy atom. The first kappa shape index (κ1) is 15.9. The second-order valence-corrected chi connectivity index (χ2v) is 5.48. The first-order chi connectivity index (χ1) is 8.69. The van der Waals surface area contributed by atoms with Gasteiger partial charge in [0, 0.05) is 28.7 Å². The van der Waals surface area contributed by atoms with Crippen LogP contribution in [0.25, 0.3) is 0 Å². The van der Waals surface area contributed by atoms with Crippen molar-refractivity contribution in [2.24, 2.45) is 5.73 Å². The molecule has 4 N–H and O–H groups in total. The molecule has 1 unspecified atom stereocenters. The fourth-order valence-electron chi connectivity index (χ4n) is 1.79. The average molecular weight is 336 g/mol. The highest BCUT2D eigenvalue weighted by atomic mass is 79.9. The van der Waals surface area contributed by atoms with Crippen LogP contribution in [0, 0.1) is 0 Å². The van der Waals surface area contributed by atoms with E-state index in [1.54, 1.807) is 0 Å². The number of rotatable bonds is 8. The second kappa shape index (κ2) is 8.88. The van der Waals surface area contributed by atoms with Crippen LogP contribution in [-0.2, 0) is 0 Å². The minimum Gasteiger partial charge on any atom is -0.396 e. The molecule has 1 atom stereocenters. The maximum absolute atomic E-state index is 8.70. The van der Waals surface area contributed by atoms with Gasteiger partial charge in [-0.1, -0.05) is 33.6 Å². The van der Waals surface area contributed by atoms with E-state index < -0.39 is 0 Å². The van der Waals surface area contributed by atoms with Gasteiger partial charge in [-0.2, -0.15) is 0 Å². The number of hydrogen-bond acceptors (Lipinski definition) is 3. The van der Waals surface area contributed by atoms with Crippen LogP contribution in [0.5, 0.6) is 0 Å². The van der Waals surface area contributed by atoms with Crippen LogP contribution in [0.2, 0.25) is 5.02 Å². The summed E-state index contributed by atoms with van der Waals surface area (Å²) in [6, 6.07) is 5.88. The first-order valence-electron chi connectivity index (χ1n) is 6.18. The standard InChI is InChI=1S/C13H20BrClN2O/c14-12-8-10(15)4-5-11(12)13(9-16)17-6-2-1-3-7-18/h4-5,8,13,17-18H,1-3,6-7,9,16H2. The van der Waals surface area contributed by atoms with Gasteiger partial charge in [-0.25, -0.2) is 0 Å². The molecule has 0 aliphatic carbocycles. The molecule has 0 radical (unpaired) electrons. The third-order valence-electron chi connectivity index (χ3n) is 2.80. The third-order valence-corrected chi connectivity index (χ3v) is 3.72. The van der Waals surface area contributed by atoms with Crippen molar-refractivity contribution in [3.63, 3.8) is 0 Å². The van der Waals surface area contributed by atoms with E-state index in [0.717, 1.165) is 35.8 Å². The molecule has 102 valence electrons. The highest BCUT2D eigenvalue weighted by Gasteiger charge is 2.12. The van der Waals surface area contributed by atoms with Crippen molar-refractivity contribution in [3.8, 4) is 0 Å². The molecule has 0 heterocycles. The third kappa shape index (κ3) is 5.24. The lowest BCUT2D eigenvalue weighted by Crippen LogP contribution is -2.29. The fraction of sp³-hybridized carbons (Fsp3) is 0.538. The lowest BCUT2D eigenvalue weighted by atomic mass is 10.1. The van der Waals surface area contributed by atoms with Crippen molar-refractivity contribution < 1.29 is 5.11 Å². The minimum absolute atomic E-state index is 0.130. The van der Waals surface area contributed by atoms with Gasteiger partial charge in [0.15, 0.2) is 0 Å². The quantitative estimate of drug-likeness (QED) is 0.640. The zero-order valence-electron chi connectivity index (χ0n) is 10.3. The number of nitrogens with one attached hydrogen (secondary N) is 1. The van der Waals surface area contributed by atoms with Crippen molar-refractivity contribution in [1.29, 1.82) is 0 Å². The van der Waals surface area contributed by atoms with Crippen molar-refractivity contribution in [2.75, 3.05) is 19.7 Å². The van der Waals surface area contributed by atoms with E-state index in [0.29, 0.717) is 11.6 Å². The Balaban J connectivity index is 2.49. The predicted molar refractivity (Wildman–Crippen MR) is 79.9 cm³/mol. The molecule has 0 aliphatic heterocycles. The summed E-state index contributed by atoms with van der Waals surface area (Å²) in [4.78, 5) is 0. The van der Waals surface area contributed by atoms with Crippen molar-refractivity contribution in [2.45, 2.75) is 25.3 Å². The summed E-state index contributed by atoms with van der Waals surface area (Å²) in [6.45, 7) is 1.71. The van der Waals surface area contributed by atoms with E-state index in [-0.39, 0.29) is 12.6 Å². The molecule has 0 fully saturated rings. The largest absolute Gasteiger partial charge is 0.396 e. The zero-order chi connectivity index (χ0) is 13.4. The number of nitrogens with two attached hydrogens (primary N) is 1. The van der Waals surface area contributed by atoms with Crippen molar-refractivity contribution in [1.82, 2.24) is 5.32 Å².